The molecule has 3 nitrogen and oxygen atoms in total. The van der Waals surface area contributed by atoms with E-state index in [4.69, 9.17) is 11.5 Å². The first kappa shape index (κ1) is 14.7. The number of rotatable bonds is 2. The maximum Gasteiger partial charge on any atom is 0.0420 e. The molecule has 2 unspecified atom stereocenters. The topological polar surface area (TPSA) is 64.1 Å². The summed E-state index contributed by atoms with van der Waals surface area (Å²) in [5.74, 6) is 0. The van der Waals surface area contributed by atoms with Crippen LogP contribution in [-0.2, 0) is 12.8 Å². The fraction of sp³-hybridized carbons (Fsp3) is 0.400. The monoisotopic (exact) mass is 307 g/mol. The van der Waals surface area contributed by atoms with Crippen LogP contribution in [0.25, 0.3) is 0 Å². The Kier molecular flexibility index (Phi) is 3.83. The van der Waals surface area contributed by atoms with Gasteiger partial charge >= 0.3 is 0 Å². The van der Waals surface area contributed by atoms with Crippen molar-refractivity contribution < 1.29 is 0 Å². The van der Waals surface area contributed by atoms with Gasteiger partial charge in [-0.05, 0) is 72.9 Å². The minimum Gasteiger partial charge on any atom is -0.355 e. The maximum absolute atomic E-state index is 6.29. The summed E-state index contributed by atoms with van der Waals surface area (Å²) in [5, 5.41) is 3.69. The Morgan fingerprint density at radius 3 is 1.70 bits per heavy atom. The van der Waals surface area contributed by atoms with Crippen molar-refractivity contribution in [2.45, 2.75) is 50.6 Å². The predicted molar refractivity (Wildman–Crippen MR) is 95.9 cm³/mol. The smallest absolute Gasteiger partial charge is 0.0420 e. The summed E-state index contributed by atoms with van der Waals surface area (Å²) >= 11 is 0. The van der Waals surface area contributed by atoms with E-state index in [1.165, 1.54) is 46.5 Å². The van der Waals surface area contributed by atoms with Crippen LogP contribution in [0.5, 0.6) is 0 Å². The van der Waals surface area contributed by atoms with E-state index in [0.29, 0.717) is 0 Å². The second-order valence-electron chi connectivity index (χ2n) is 6.87. The van der Waals surface area contributed by atoms with Crippen molar-refractivity contribution in [3.05, 3.63) is 58.7 Å². The molecule has 2 aliphatic rings. The molecule has 120 valence electrons. The first-order valence-electron chi connectivity index (χ1n) is 8.76. The zero-order chi connectivity index (χ0) is 15.8. The molecule has 0 saturated carbocycles. The highest BCUT2D eigenvalue weighted by atomic mass is 14.9. The number of nitrogens with two attached hydrogens (primary N) is 2. The molecule has 5 N–H and O–H groups in total. The summed E-state index contributed by atoms with van der Waals surface area (Å²) in [6.45, 7) is 0. The lowest BCUT2D eigenvalue weighted by Crippen LogP contribution is -2.19. The van der Waals surface area contributed by atoms with Gasteiger partial charge in [-0.2, -0.15) is 0 Å². The minimum absolute atomic E-state index is 0.179. The van der Waals surface area contributed by atoms with Gasteiger partial charge in [0.05, 0.1) is 0 Å². The van der Waals surface area contributed by atoms with E-state index in [0.717, 1.165) is 25.7 Å². The van der Waals surface area contributed by atoms with Gasteiger partial charge in [-0.25, -0.2) is 0 Å². The van der Waals surface area contributed by atoms with Gasteiger partial charge in [-0.1, -0.05) is 24.3 Å². The average Bonchev–Trinajstić information content (AvgIpc) is 2.57. The molecule has 0 spiro atoms. The van der Waals surface area contributed by atoms with Crippen LogP contribution in [-0.4, -0.2) is 0 Å². The second-order valence-corrected chi connectivity index (χ2v) is 6.87. The average molecular weight is 307 g/mol. The molecule has 2 atom stereocenters. The summed E-state index contributed by atoms with van der Waals surface area (Å²) in [4.78, 5) is 0. The SMILES string of the molecule is NC1CCCc2c(Nc3cccc4c3CCCC4N)cccc21. The van der Waals surface area contributed by atoms with Crippen molar-refractivity contribution in [1.82, 2.24) is 0 Å². The Morgan fingerprint density at radius 2 is 1.22 bits per heavy atom. The number of fused-ring (bicyclic) bond motifs is 2. The standard InChI is InChI=1S/C20H25N3/c21-17-9-1-7-15-13(17)5-3-11-19(15)23-20-12-4-6-14-16(20)8-2-10-18(14)22/h3-6,11-12,17-18,23H,1-2,7-10,21-22H2. The van der Waals surface area contributed by atoms with Gasteiger partial charge < -0.3 is 16.8 Å². The second kappa shape index (κ2) is 5.99. The summed E-state index contributed by atoms with van der Waals surface area (Å²) in [6.07, 6.45) is 6.74. The molecule has 2 aromatic carbocycles. The summed E-state index contributed by atoms with van der Waals surface area (Å²) in [5.41, 5.74) is 20.4. The molecule has 0 amide bonds. The molecule has 0 aromatic heterocycles. The van der Waals surface area contributed by atoms with Crippen LogP contribution >= 0.6 is 0 Å². The molecule has 0 aliphatic heterocycles. The zero-order valence-corrected chi connectivity index (χ0v) is 13.5. The first-order valence-corrected chi connectivity index (χ1v) is 8.76. The van der Waals surface area contributed by atoms with Gasteiger partial charge in [0.2, 0.25) is 0 Å². The number of benzene rings is 2. The van der Waals surface area contributed by atoms with Crippen molar-refractivity contribution in [2.75, 3.05) is 5.32 Å². The van der Waals surface area contributed by atoms with E-state index < -0.39 is 0 Å². The number of hydrogen-bond donors (Lipinski definition) is 3. The van der Waals surface area contributed by atoms with Gasteiger partial charge in [0, 0.05) is 23.5 Å². The fourth-order valence-electron chi connectivity index (χ4n) is 4.15. The summed E-state index contributed by atoms with van der Waals surface area (Å²) < 4.78 is 0. The fourth-order valence-corrected chi connectivity index (χ4v) is 4.15. The molecule has 0 bridgehead atoms. The Labute approximate surface area is 138 Å². The Balaban J connectivity index is 1.72. The van der Waals surface area contributed by atoms with Crippen molar-refractivity contribution >= 4 is 11.4 Å². The molecular weight excluding hydrogens is 282 g/mol. The lowest BCUT2D eigenvalue weighted by atomic mass is 9.86. The normalized spacial score (nSPS) is 23.0. The van der Waals surface area contributed by atoms with Crippen LogP contribution in [0, 0.1) is 0 Å². The lowest BCUT2D eigenvalue weighted by molar-refractivity contribution is 0.570. The van der Waals surface area contributed by atoms with Crippen LogP contribution in [0.2, 0.25) is 0 Å². The van der Waals surface area contributed by atoms with Gasteiger partial charge in [0.15, 0.2) is 0 Å². The molecular formula is C20H25N3. The number of nitrogens with one attached hydrogen (secondary N) is 1. The third kappa shape index (κ3) is 2.64. The molecule has 0 radical (unpaired) electrons. The van der Waals surface area contributed by atoms with E-state index in [9.17, 15) is 0 Å². The predicted octanol–water partition coefficient (Wildman–Crippen LogP) is 4.10. The molecule has 23 heavy (non-hydrogen) atoms. The maximum atomic E-state index is 6.29. The Bertz CT molecular complexity index is 661. The number of anilines is 2. The van der Waals surface area contributed by atoms with E-state index in [-0.39, 0.29) is 12.1 Å². The van der Waals surface area contributed by atoms with Crippen LogP contribution < -0.4 is 16.8 Å². The van der Waals surface area contributed by atoms with Gasteiger partial charge in [0.1, 0.15) is 0 Å². The summed E-state index contributed by atoms with van der Waals surface area (Å²) in [7, 11) is 0. The van der Waals surface area contributed by atoms with E-state index in [1.807, 2.05) is 0 Å². The Hall–Kier alpha value is -1.84. The highest BCUT2D eigenvalue weighted by Gasteiger charge is 2.22. The molecule has 4 rings (SSSR count). The van der Waals surface area contributed by atoms with E-state index >= 15 is 0 Å². The largest absolute Gasteiger partial charge is 0.355 e. The third-order valence-electron chi connectivity index (χ3n) is 5.38. The summed E-state index contributed by atoms with van der Waals surface area (Å²) in [6, 6.07) is 13.3. The Morgan fingerprint density at radius 1 is 0.739 bits per heavy atom. The van der Waals surface area contributed by atoms with Crippen LogP contribution in [0.1, 0.15) is 60.0 Å². The van der Waals surface area contributed by atoms with E-state index in [1.54, 1.807) is 0 Å². The zero-order valence-electron chi connectivity index (χ0n) is 13.5. The van der Waals surface area contributed by atoms with E-state index in [2.05, 4.69) is 41.7 Å². The minimum atomic E-state index is 0.179. The van der Waals surface area contributed by atoms with Gasteiger partial charge in [-0.15, -0.1) is 0 Å². The highest BCUT2D eigenvalue weighted by Crippen LogP contribution is 2.37. The van der Waals surface area contributed by atoms with Crippen molar-refractivity contribution in [3.63, 3.8) is 0 Å². The van der Waals surface area contributed by atoms with Crippen LogP contribution in [0.15, 0.2) is 36.4 Å². The molecule has 2 aliphatic carbocycles. The molecule has 0 heterocycles. The number of hydrogen-bond acceptors (Lipinski definition) is 3. The van der Waals surface area contributed by atoms with Crippen molar-refractivity contribution in [3.8, 4) is 0 Å². The highest BCUT2D eigenvalue weighted by molar-refractivity contribution is 5.69. The first-order chi connectivity index (χ1) is 11.2. The molecule has 0 fully saturated rings. The van der Waals surface area contributed by atoms with Gasteiger partial charge in [-0.3, -0.25) is 0 Å². The third-order valence-corrected chi connectivity index (χ3v) is 5.38. The van der Waals surface area contributed by atoms with Gasteiger partial charge in [0.25, 0.3) is 0 Å². The lowest BCUT2D eigenvalue weighted by Gasteiger charge is -2.27. The quantitative estimate of drug-likeness (QED) is 0.782. The molecule has 2 aromatic rings. The van der Waals surface area contributed by atoms with Crippen LogP contribution in [0.3, 0.4) is 0 Å². The molecule has 0 saturated heterocycles. The van der Waals surface area contributed by atoms with Crippen LogP contribution in [0.4, 0.5) is 11.4 Å². The van der Waals surface area contributed by atoms with Crippen molar-refractivity contribution in [1.29, 1.82) is 0 Å². The molecule has 3 heteroatoms. The van der Waals surface area contributed by atoms with Crippen molar-refractivity contribution in [2.24, 2.45) is 11.5 Å².